The molecule has 0 bridgehead atoms. The van der Waals surface area contributed by atoms with Crippen LogP contribution in [0.25, 0.3) is 0 Å². The van der Waals surface area contributed by atoms with Crippen molar-refractivity contribution in [2.45, 2.75) is 12.3 Å². The number of carbonyl (C=O) groups is 2. The van der Waals surface area contributed by atoms with Crippen molar-refractivity contribution in [3.05, 3.63) is 48.3 Å². The summed E-state index contributed by atoms with van der Waals surface area (Å²) in [6.45, 7) is 2.41. The van der Waals surface area contributed by atoms with Crippen molar-refractivity contribution in [2.24, 2.45) is 5.92 Å². The molecule has 1 saturated carbocycles. The molecule has 2 unspecified atom stereocenters. The normalized spacial score (nSPS) is 22.0. The Morgan fingerprint density at radius 1 is 1.07 bits per heavy atom. The van der Waals surface area contributed by atoms with E-state index < -0.39 is 0 Å². The highest BCUT2D eigenvalue weighted by Gasteiger charge is 2.46. The Balaban J connectivity index is 1.10. The monoisotopic (exact) mass is 409 g/mol. The molecule has 2 aliphatic heterocycles. The summed E-state index contributed by atoms with van der Waals surface area (Å²) >= 11 is 0. The molecule has 2 aromatic rings. The van der Waals surface area contributed by atoms with E-state index in [1.54, 1.807) is 29.4 Å². The number of piperazine rings is 1. The van der Waals surface area contributed by atoms with Crippen LogP contribution in [-0.2, 0) is 9.59 Å². The molecule has 156 valence electrons. The molecule has 2 amide bonds. The fourth-order valence-electron chi connectivity index (χ4n) is 4.06. The molecular formula is C22H23N3O5. The summed E-state index contributed by atoms with van der Waals surface area (Å²) in [5.74, 6) is 2.44. The van der Waals surface area contributed by atoms with Gasteiger partial charge in [0.15, 0.2) is 18.1 Å². The Labute approximate surface area is 174 Å². The van der Waals surface area contributed by atoms with Crippen LogP contribution in [-0.4, -0.2) is 66.2 Å². The zero-order valence-corrected chi connectivity index (χ0v) is 16.5. The topological polar surface area (TPSA) is 81.2 Å². The van der Waals surface area contributed by atoms with Crippen molar-refractivity contribution in [1.29, 1.82) is 0 Å². The summed E-state index contributed by atoms with van der Waals surface area (Å²) in [6.07, 6.45) is 4.09. The number of nitrogens with zero attached hydrogens (tertiary/aromatic N) is 3. The molecule has 2 atom stereocenters. The highest BCUT2D eigenvalue weighted by atomic mass is 16.7. The van der Waals surface area contributed by atoms with E-state index in [1.807, 2.05) is 23.1 Å². The Hall–Kier alpha value is -3.29. The van der Waals surface area contributed by atoms with Gasteiger partial charge in [-0.05, 0) is 42.2 Å². The predicted molar refractivity (Wildman–Crippen MR) is 106 cm³/mol. The van der Waals surface area contributed by atoms with Crippen LogP contribution in [0.1, 0.15) is 17.9 Å². The van der Waals surface area contributed by atoms with E-state index in [9.17, 15) is 9.59 Å². The van der Waals surface area contributed by atoms with Gasteiger partial charge in [0, 0.05) is 38.3 Å². The molecule has 1 aromatic carbocycles. The Morgan fingerprint density at radius 2 is 1.87 bits per heavy atom. The standard InChI is InChI=1S/C22H23N3O5/c26-21(13-28-16-2-1-5-23-12-16)24-6-8-25(9-7-24)22(27)18-11-17(18)15-3-4-19-20(10-15)30-14-29-19/h1-5,10,12,17-18H,6-9,11,13-14H2. The lowest BCUT2D eigenvalue weighted by Crippen LogP contribution is -2.52. The second kappa shape index (κ2) is 7.85. The van der Waals surface area contributed by atoms with E-state index >= 15 is 0 Å². The van der Waals surface area contributed by atoms with Crippen LogP contribution < -0.4 is 14.2 Å². The molecule has 3 heterocycles. The number of ether oxygens (including phenoxy) is 3. The molecule has 1 aliphatic carbocycles. The van der Waals surface area contributed by atoms with E-state index in [1.165, 1.54) is 0 Å². The molecule has 3 aliphatic rings. The SMILES string of the molecule is O=C(COc1cccnc1)N1CCN(C(=O)C2CC2c2ccc3c(c2)OCO3)CC1. The van der Waals surface area contributed by atoms with Crippen LogP contribution in [0.3, 0.4) is 0 Å². The molecule has 5 rings (SSSR count). The number of pyridine rings is 1. The van der Waals surface area contributed by atoms with Gasteiger partial charge in [-0.1, -0.05) is 6.07 Å². The molecule has 0 N–H and O–H groups in total. The lowest BCUT2D eigenvalue weighted by atomic mass is 10.1. The lowest BCUT2D eigenvalue weighted by Gasteiger charge is -2.35. The van der Waals surface area contributed by atoms with E-state index in [4.69, 9.17) is 14.2 Å². The summed E-state index contributed by atoms with van der Waals surface area (Å²) in [4.78, 5) is 32.9. The minimum atomic E-state index is -0.0735. The first-order valence-corrected chi connectivity index (χ1v) is 10.2. The molecule has 2 fully saturated rings. The van der Waals surface area contributed by atoms with Crippen LogP contribution in [0.15, 0.2) is 42.7 Å². The van der Waals surface area contributed by atoms with Gasteiger partial charge in [0.1, 0.15) is 5.75 Å². The third kappa shape index (κ3) is 3.77. The fraction of sp³-hybridized carbons (Fsp3) is 0.409. The second-order valence-electron chi connectivity index (χ2n) is 7.74. The van der Waals surface area contributed by atoms with Gasteiger partial charge in [-0.25, -0.2) is 0 Å². The van der Waals surface area contributed by atoms with E-state index in [-0.39, 0.29) is 37.0 Å². The largest absolute Gasteiger partial charge is 0.482 e. The highest BCUT2D eigenvalue weighted by Crippen LogP contribution is 2.50. The number of benzene rings is 1. The summed E-state index contributed by atoms with van der Waals surface area (Å²) in [5.41, 5.74) is 1.12. The van der Waals surface area contributed by atoms with Gasteiger partial charge in [0.05, 0.1) is 6.20 Å². The maximum Gasteiger partial charge on any atom is 0.260 e. The van der Waals surface area contributed by atoms with Gasteiger partial charge in [-0.2, -0.15) is 0 Å². The average Bonchev–Trinajstić information content (AvgIpc) is 3.46. The maximum atomic E-state index is 12.9. The van der Waals surface area contributed by atoms with Crippen molar-refractivity contribution < 1.29 is 23.8 Å². The molecular weight excluding hydrogens is 386 g/mol. The smallest absolute Gasteiger partial charge is 0.260 e. The summed E-state index contributed by atoms with van der Waals surface area (Å²) < 4.78 is 16.3. The van der Waals surface area contributed by atoms with Gasteiger partial charge < -0.3 is 24.0 Å². The van der Waals surface area contributed by atoms with Gasteiger partial charge in [-0.3, -0.25) is 14.6 Å². The summed E-state index contributed by atoms with van der Waals surface area (Å²) in [5, 5.41) is 0. The first-order valence-electron chi connectivity index (χ1n) is 10.2. The van der Waals surface area contributed by atoms with Crippen molar-refractivity contribution in [2.75, 3.05) is 39.6 Å². The van der Waals surface area contributed by atoms with Crippen molar-refractivity contribution in [1.82, 2.24) is 14.8 Å². The molecule has 1 saturated heterocycles. The minimum absolute atomic E-state index is 0.0153. The van der Waals surface area contributed by atoms with Gasteiger partial charge >= 0.3 is 0 Å². The van der Waals surface area contributed by atoms with Gasteiger partial charge in [-0.15, -0.1) is 0 Å². The number of amides is 2. The Morgan fingerprint density at radius 3 is 2.67 bits per heavy atom. The highest BCUT2D eigenvalue weighted by molar-refractivity contribution is 5.84. The van der Waals surface area contributed by atoms with Crippen LogP contribution in [0, 0.1) is 5.92 Å². The number of hydrogen-bond acceptors (Lipinski definition) is 6. The van der Waals surface area contributed by atoms with Gasteiger partial charge in [0.25, 0.3) is 5.91 Å². The molecule has 0 radical (unpaired) electrons. The van der Waals surface area contributed by atoms with Crippen LogP contribution in [0.4, 0.5) is 0 Å². The first-order chi connectivity index (χ1) is 14.7. The first kappa shape index (κ1) is 18.7. The molecule has 0 spiro atoms. The minimum Gasteiger partial charge on any atom is -0.482 e. The Bertz CT molecular complexity index is 943. The van der Waals surface area contributed by atoms with E-state index in [2.05, 4.69) is 4.98 Å². The van der Waals surface area contributed by atoms with E-state index in [0.29, 0.717) is 31.9 Å². The molecule has 8 heteroatoms. The average molecular weight is 409 g/mol. The van der Waals surface area contributed by atoms with Gasteiger partial charge in [0.2, 0.25) is 12.7 Å². The zero-order valence-electron chi connectivity index (χ0n) is 16.5. The number of carbonyl (C=O) groups excluding carboxylic acids is 2. The summed E-state index contributed by atoms with van der Waals surface area (Å²) in [6, 6.07) is 9.45. The molecule has 8 nitrogen and oxygen atoms in total. The fourth-order valence-corrected chi connectivity index (χ4v) is 4.06. The van der Waals surface area contributed by atoms with Crippen molar-refractivity contribution in [3.63, 3.8) is 0 Å². The van der Waals surface area contributed by atoms with E-state index in [0.717, 1.165) is 23.5 Å². The van der Waals surface area contributed by atoms with Crippen molar-refractivity contribution in [3.8, 4) is 17.2 Å². The van der Waals surface area contributed by atoms with Crippen LogP contribution >= 0.6 is 0 Å². The number of hydrogen-bond donors (Lipinski definition) is 0. The maximum absolute atomic E-state index is 12.9. The summed E-state index contributed by atoms with van der Waals surface area (Å²) in [7, 11) is 0. The lowest BCUT2D eigenvalue weighted by molar-refractivity contribution is -0.141. The third-order valence-corrected chi connectivity index (χ3v) is 5.87. The number of fused-ring (bicyclic) bond motifs is 1. The predicted octanol–water partition coefficient (Wildman–Crippen LogP) is 1.66. The molecule has 30 heavy (non-hydrogen) atoms. The quantitative estimate of drug-likeness (QED) is 0.747. The second-order valence-corrected chi connectivity index (χ2v) is 7.74. The van der Waals surface area contributed by atoms with Crippen molar-refractivity contribution >= 4 is 11.8 Å². The number of rotatable bonds is 5. The Kier molecular flexibility index (Phi) is 4.90. The third-order valence-electron chi connectivity index (χ3n) is 5.87. The zero-order chi connectivity index (χ0) is 20.5. The molecule has 1 aromatic heterocycles. The number of aromatic nitrogens is 1. The van der Waals surface area contributed by atoms with Crippen LogP contribution in [0.5, 0.6) is 17.2 Å². The van der Waals surface area contributed by atoms with Crippen LogP contribution in [0.2, 0.25) is 0 Å².